The van der Waals surface area contributed by atoms with Gasteiger partial charge < -0.3 is 15.0 Å². The number of hydrogen-bond donors (Lipinski definition) is 1. The molecule has 0 unspecified atom stereocenters. The van der Waals surface area contributed by atoms with Gasteiger partial charge in [0.1, 0.15) is 0 Å². The van der Waals surface area contributed by atoms with Crippen molar-refractivity contribution in [1.29, 1.82) is 0 Å². The highest BCUT2D eigenvalue weighted by Crippen LogP contribution is 2.03. The molecular weight excluding hydrogens is 176 g/mol. The summed E-state index contributed by atoms with van der Waals surface area (Å²) in [5, 5.41) is 3.37. The second-order valence-electron chi connectivity index (χ2n) is 3.92. The summed E-state index contributed by atoms with van der Waals surface area (Å²) in [4.78, 5) is 2.50. The number of ether oxygens (including phenoxy) is 1. The normalized spacial score (nSPS) is 22.9. The largest absolute Gasteiger partial charge is 0.376 e. The maximum absolute atomic E-state index is 5.66. The lowest BCUT2D eigenvalue weighted by molar-refractivity contribution is 0.0177. The summed E-state index contributed by atoms with van der Waals surface area (Å²) in [6, 6.07) is 0. The summed E-state index contributed by atoms with van der Waals surface area (Å²) in [6.45, 7) is 11.0. The van der Waals surface area contributed by atoms with Crippen LogP contribution in [0.4, 0.5) is 0 Å². The van der Waals surface area contributed by atoms with E-state index < -0.39 is 0 Å². The van der Waals surface area contributed by atoms with Gasteiger partial charge in [0.05, 0.1) is 12.7 Å². The zero-order valence-corrected chi connectivity index (χ0v) is 9.59. The van der Waals surface area contributed by atoms with Crippen molar-refractivity contribution in [3.8, 4) is 0 Å². The SMILES string of the molecule is CCCN(CC)CC[C@@H]1CNCCO1. The van der Waals surface area contributed by atoms with E-state index in [0.29, 0.717) is 6.10 Å². The Hall–Kier alpha value is -0.120. The van der Waals surface area contributed by atoms with Crippen LogP contribution in [0.15, 0.2) is 0 Å². The van der Waals surface area contributed by atoms with Crippen molar-refractivity contribution in [2.24, 2.45) is 0 Å². The highest BCUT2D eigenvalue weighted by Gasteiger charge is 2.13. The average Bonchev–Trinajstić information content (AvgIpc) is 2.25. The van der Waals surface area contributed by atoms with Crippen LogP contribution in [0.3, 0.4) is 0 Å². The lowest BCUT2D eigenvalue weighted by Gasteiger charge is -2.26. The van der Waals surface area contributed by atoms with Gasteiger partial charge in [-0.3, -0.25) is 0 Å². The van der Waals surface area contributed by atoms with Crippen LogP contribution in [-0.2, 0) is 4.74 Å². The second kappa shape index (κ2) is 7.21. The van der Waals surface area contributed by atoms with Crippen molar-refractivity contribution in [1.82, 2.24) is 10.2 Å². The summed E-state index contributed by atoms with van der Waals surface area (Å²) < 4.78 is 5.66. The Morgan fingerprint density at radius 1 is 1.36 bits per heavy atom. The number of morpholine rings is 1. The third-order valence-corrected chi connectivity index (χ3v) is 2.76. The second-order valence-corrected chi connectivity index (χ2v) is 3.92. The van der Waals surface area contributed by atoms with Crippen LogP contribution in [-0.4, -0.2) is 50.3 Å². The summed E-state index contributed by atoms with van der Waals surface area (Å²) in [7, 11) is 0. The van der Waals surface area contributed by atoms with E-state index in [1.54, 1.807) is 0 Å². The average molecular weight is 200 g/mol. The van der Waals surface area contributed by atoms with Crippen LogP contribution in [0.2, 0.25) is 0 Å². The van der Waals surface area contributed by atoms with Gasteiger partial charge in [0.2, 0.25) is 0 Å². The first kappa shape index (κ1) is 12.0. The van der Waals surface area contributed by atoms with Gasteiger partial charge >= 0.3 is 0 Å². The van der Waals surface area contributed by atoms with E-state index in [-0.39, 0.29) is 0 Å². The molecule has 1 fully saturated rings. The molecule has 0 spiro atoms. The van der Waals surface area contributed by atoms with Gasteiger partial charge in [-0.05, 0) is 25.9 Å². The lowest BCUT2D eigenvalue weighted by Crippen LogP contribution is -2.40. The molecule has 0 aromatic heterocycles. The van der Waals surface area contributed by atoms with E-state index in [0.717, 1.165) is 26.2 Å². The minimum Gasteiger partial charge on any atom is -0.376 e. The third-order valence-electron chi connectivity index (χ3n) is 2.76. The molecule has 3 heteroatoms. The highest BCUT2D eigenvalue weighted by atomic mass is 16.5. The molecule has 1 aliphatic heterocycles. The monoisotopic (exact) mass is 200 g/mol. The van der Waals surface area contributed by atoms with Gasteiger partial charge in [-0.25, -0.2) is 0 Å². The molecule has 0 saturated carbocycles. The van der Waals surface area contributed by atoms with E-state index in [4.69, 9.17) is 4.74 Å². The molecule has 0 amide bonds. The Balaban J connectivity index is 2.10. The molecule has 0 radical (unpaired) electrons. The number of hydrogen-bond acceptors (Lipinski definition) is 3. The van der Waals surface area contributed by atoms with E-state index >= 15 is 0 Å². The quantitative estimate of drug-likeness (QED) is 0.695. The standard InChI is InChI=1S/C11H24N2O/c1-3-7-13(4-2)8-5-11-10-12-6-9-14-11/h11-12H,3-10H2,1-2H3/t11-/m1/s1. The predicted octanol–water partition coefficient (Wildman–Crippen LogP) is 1.10. The predicted molar refractivity (Wildman–Crippen MR) is 59.6 cm³/mol. The van der Waals surface area contributed by atoms with E-state index in [1.807, 2.05) is 0 Å². The summed E-state index contributed by atoms with van der Waals surface area (Å²) >= 11 is 0. The molecular formula is C11H24N2O. The molecule has 1 heterocycles. The minimum absolute atomic E-state index is 0.439. The van der Waals surface area contributed by atoms with E-state index in [1.165, 1.54) is 25.9 Å². The van der Waals surface area contributed by atoms with Gasteiger partial charge in [0, 0.05) is 19.6 Å². The Bertz CT molecular complexity index is 130. The molecule has 0 bridgehead atoms. The zero-order valence-electron chi connectivity index (χ0n) is 9.59. The fourth-order valence-electron chi connectivity index (χ4n) is 1.88. The lowest BCUT2D eigenvalue weighted by atomic mass is 10.2. The Labute approximate surface area is 87.8 Å². The molecule has 84 valence electrons. The van der Waals surface area contributed by atoms with Crippen molar-refractivity contribution in [2.75, 3.05) is 39.3 Å². The molecule has 1 aliphatic rings. The Morgan fingerprint density at radius 2 is 2.21 bits per heavy atom. The fourth-order valence-corrected chi connectivity index (χ4v) is 1.88. The molecule has 14 heavy (non-hydrogen) atoms. The minimum atomic E-state index is 0.439. The number of nitrogens with one attached hydrogen (secondary N) is 1. The first-order chi connectivity index (χ1) is 6.86. The third kappa shape index (κ3) is 4.40. The molecule has 3 nitrogen and oxygen atoms in total. The maximum atomic E-state index is 5.66. The van der Waals surface area contributed by atoms with Crippen molar-refractivity contribution in [2.45, 2.75) is 32.8 Å². The molecule has 0 aromatic rings. The van der Waals surface area contributed by atoms with Crippen LogP contribution in [0.5, 0.6) is 0 Å². The first-order valence-corrected chi connectivity index (χ1v) is 5.91. The highest BCUT2D eigenvalue weighted by molar-refractivity contribution is 4.69. The smallest absolute Gasteiger partial charge is 0.0712 e. The van der Waals surface area contributed by atoms with Crippen LogP contribution < -0.4 is 5.32 Å². The van der Waals surface area contributed by atoms with Crippen LogP contribution in [0.25, 0.3) is 0 Å². The summed E-state index contributed by atoms with van der Waals surface area (Å²) in [5.41, 5.74) is 0. The van der Waals surface area contributed by atoms with Gasteiger partial charge in [-0.2, -0.15) is 0 Å². The maximum Gasteiger partial charge on any atom is 0.0712 e. The van der Waals surface area contributed by atoms with Crippen LogP contribution in [0, 0.1) is 0 Å². The number of nitrogens with zero attached hydrogens (tertiary/aromatic N) is 1. The van der Waals surface area contributed by atoms with Crippen LogP contribution in [0.1, 0.15) is 26.7 Å². The Morgan fingerprint density at radius 3 is 2.79 bits per heavy atom. The van der Waals surface area contributed by atoms with Crippen molar-refractivity contribution >= 4 is 0 Å². The molecule has 0 aliphatic carbocycles. The van der Waals surface area contributed by atoms with Gasteiger partial charge in [0.15, 0.2) is 0 Å². The fraction of sp³-hybridized carbons (Fsp3) is 1.00. The molecule has 1 rings (SSSR count). The van der Waals surface area contributed by atoms with E-state index in [9.17, 15) is 0 Å². The molecule has 0 aromatic carbocycles. The molecule has 1 atom stereocenters. The molecule has 1 N–H and O–H groups in total. The van der Waals surface area contributed by atoms with Crippen molar-refractivity contribution in [3.63, 3.8) is 0 Å². The van der Waals surface area contributed by atoms with Crippen molar-refractivity contribution < 1.29 is 4.74 Å². The summed E-state index contributed by atoms with van der Waals surface area (Å²) in [6.07, 6.45) is 2.85. The van der Waals surface area contributed by atoms with Gasteiger partial charge in [0.25, 0.3) is 0 Å². The topological polar surface area (TPSA) is 24.5 Å². The van der Waals surface area contributed by atoms with Crippen LogP contribution >= 0.6 is 0 Å². The van der Waals surface area contributed by atoms with Gasteiger partial charge in [-0.15, -0.1) is 0 Å². The molecule has 1 saturated heterocycles. The first-order valence-electron chi connectivity index (χ1n) is 5.91. The van der Waals surface area contributed by atoms with Crippen molar-refractivity contribution in [3.05, 3.63) is 0 Å². The zero-order chi connectivity index (χ0) is 10.2. The summed E-state index contributed by atoms with van der Waals surface area (Å²) in [5.74, 6) is 0. The Kier molecular flexibility index (Phi) is 6.15. The van der Waals surface area contributed by atoms with E-state index in [2.05, 4.69) is 24.1 Å². The van der Waals surface area contributed by atoms with Gasteiger partial charge in [-0.1, -0.05) is 13.8 Å². The number of rotatable bonds is 6.